The number of benzene rings is 2. The monoisotopic (exact) mass is 509 g/mol. The lowest BCUT2D eigenvalue weighted by atomic mass is 10.2. The smallest absolute Gasteiger partial charge is 0.263 e. The maximum absolute atomic E-state index is 12.5. The van der Waals surface area contributed by atoms with Gasteiger partial charge in [0.2, 0.25) is 0 Å². The second-order valence-corrected chi connectivity index (χ2v) is 9.70. The van der Waals surface area contributed by atoms with E-state index in [1.807, 2.05) is 0 Å². The molecule has 0 aliphatic rings. The first kappa shape index (κ1) is 22.3. The summed E-state index contributed by atoms with van der Waals surface area (Å²) in [5.41, 5.74) is 0.930. The van der Waals surface area contributed by atoms with Crippen LogP contribution in [0.15, 0.2) is 63.4 Å². The zero-order valence-corrected chi connectivity index (χ0v) is 19.3. The summed E-state index contributed by atoms with van der Waals surface area (Å²) >= 11 is 4.62. The van der Waals surface area contributed by atoms with Crippen molar-refractivity contribution in [2.75, 3.05) is 16.6 Å². The molecule has 2 N–H and O–H groups in total. The first-order chi connectivity index (χ1) is 14.4. The number of nitrogens with one attached hydrogen (secondary N) is 2. The molecule has 0 atom stereocenters. The van der Waals surface area contributed by atoms with E-state index in [-0.39, 0.29) is 10.8 Å². The summed E-state index contributed by atoms with van der Waals surface area (Å²) in [6.45, 7) is 2.71. The molecule has 0 radical (unpaired) electrons. The molecule has 0 fully saturated rings. The van der Waals surface area contributed by atoms with Crippen LogP contribution >= 0.6 is 27.3 Å². The molecule has 10 heteroatoms. The molecule has 0 aliphatic heterocycles. The van der Waals surface area contributed by atoms with Crippen molar-refractivity contribution in [3.05, 3.63) is 64.1 Å². The maximum Gasteiger partial charge on any atom is 0.263 e. The predicted octanol–water partition coefficient (Wildman–Crippen LogP) is 5.14. The van der Waals surface area contributed by atoms with E-state index in [1.54, 1.807) is 23.6 Å². The Kier molecular flexibility index (Phi) is 7.46. The molecule has 30 heavy (non-hydrogen) atoms. The normalized spacial score (nSPS) is 11.1. The van der Waals surface area contributed by atoms with Crippen LogP contribution in [0.2, 0.25) is 0 Å². The fourth-order valence-corrected chi connectivity index (χ4v) is 4.74. The molecule has 158 valence electrons. The van der Waals surface area contributed by atoms with Gasteiger partial charge in [-0.2, -0.15) is 0 Å². The van der Waals surface area contributed by atoms with Crippen molar-refractivity contribution < 1.29 is 17.9 Å². The molecular formula is C20H20BrN3O4S2. The maximum atomic E-state index is 12.5. The third-order valence-corrected chi connectivity index (χ3v) is 6.82. The second-order valence-electron chi connectivity index (χ2n) is 6.27. The van der Waals surface area contributed by atoms with Gasteiger partial charge in [-0.1, -0.05) is 13.3 Å². The van der Waals surface area contributed by atoms with E-state index in [4.69, 9.17) is 4.74 Å². The number of sulfonamides is 1. The molecule has 3 aromatic rings. The summed E-state index contributed by atoms with van der Waals surface area (Å²) in [6.07, 6.45) is 3.52. The van der Waals surface area contributed by atoms with Crippen LogP contribution in [0, 0.1) is 0 Å². The van der Waals surface area contributed by atoms with Gasteiger partial charge in [0.1, 0.15) is 5.75 Å². The fraction of sp³-hybridized carbons (Fsp3) is 0.200. The van der Waals surface area contributed by atoms with Crippen molar-refractivity contribution in [2.45, 2.75) is 24.7 Å². The molecule has 2 aromatic carbocycles. The van der Waals surface area contributed by atoms with E-state index in [1.165, 1.54) is 41.8 Å². The molecule has 0 saturated heterocycles. The third kappa shape index (κ3) is 5.80. The highest BCUT2D eigenvalue weighted by molar-refractivity contribution is 9.10. The number of halogens is 1. The highest BCUT2D eigenvalue weighted by Crippen LogP contribution is 2.27. The van der Waals surface area contributed by atoms with E-state index in [0.29, 0.717) is 33.2 Å². The third-order valence-electron chi connectivity index (χ3n) is 4.03. The summed E-state index contributed by atoms with van der Waals surface area (Å²) < 4.78 is 33.5. The lowest BCUT2D eigenvalue weighted by Gasteiger charge is -2.10. The lowest BCUT2D eigenvalue weighted by Crippen LogP contribution is -2.14. The average Bonchev–Trinajstić information content (AvgIpc) is 3.22. The SMILES string of the molecule is CCCCOc1ccc(C(=O)Nc2ccc(S(=O)(=O)Nc3nccs3)cc2)cc1Br. The van der Waals surface area contributed by atoms with Crippen molar-refractivity contribution in [1.29, 1.82) is 0 Å². The molecule has 0 spiro atoms. The van der Waals surface area contributed by atoms with Gasteiger partial charge in [0.15, 0.2) is 5.13 Å². The molecule has 0 aliphatic carbocycles. The summed E-state index contributed by atoms with van der Waals surface area (Å²) in [5.74, 6) is 0.370. The highest BCUT2D eigenvalue weighted by Gasteiger charge is 2.16. The van der Waals surface area contributed by atoms with E-state index in [0.717, 1.165) is 12.8 Å². The van der Waals surface area contributed by atoms with Crippen LogP contribution in [0.5, 0.6) is 5.75 Å². The van der Waals surface area contributed by atoms with Gasteiger partial charge in [0.25, 0.3) is 15.9 Å². The van der Waals surface area contributed by atoms with Crippen LogP contribution in [0.25, 0.3) is 0 Å². The number of ether oxygens (including phenoxy) is 1. The average molecular weight is 510 g/mol. The Bertz CT molecular complexity index is 1100. The number of rotatable bonds is 9. The summed E-state index contributed by atoms with van der Waals surface area (Å²) in [5, 5.41) is 4.73. The molecule has 1 aromatic heterocycles. The number of nitrogens with zero attached hydrogens (tertiary/aromatic N) is 1. The topological polar surface area (TPSA) is 97.4 Å². The number of thiazole rings is 1. The van der Waals surface area contributed by atoms with E-state index in [9.17, 15) is 13.2 Å². The van der Waals surface area contributed by atoms with Gasteiger partial charge < -0.3 is 10.1 Å². The highest BCUT2D eigenvalue weighted by atomic mass is 79.9. The predicted molar refractivity (Wildman–Crippen MR) is 122 cm³/mol. The summed E-state index contributed by atoms with van der Waals surface area (Å²) in [4.78, 5) is 16.5. The van der Waals surface area contributed by atoms with Crippen molar-refractivity contribution >= 4 is 54.0 Å². The molecule has 7 nitrogen and oxygen atoms in total. The van der Waals surface area contributed by atoms with Gasteiger partial charge in [-0.15, -0.1) is 11.3 Å². The Labute approximate surface area is 187 Å². The van der Waals surface area contributed by atoms with Gasteiger partial charge >= 0.3 is 0 Å². The van der Waals surface area contributed by atoms with Crippen LogP contribution in [0.1, 0.15) is 30.1 Å². The lowest BCUT2D eigenvalue weighted by molar-refractivity contribution is 0.102. The van der Waals surface area contributed by atoms with Crippen LogP contribution < -0.4 is 14.8 Å². The Morgan fingerprint density at radius 2 is 1.97 bits per heavy atom. The molecule has 3 rings (SSSR count). The minimum absolute atomic E-state index is 0.0759. The Morgan fingerprint density at radius 3 is 2.60 bits per heavy atom. The van der Waals surface area contributed by atoms with Crippen molar-refractivity contribution in [2.24, 2.45) is 0 Å². The standard InChI is InChI=1S/C20H20BrN3O4S2/c1-2-3-11-28-18-9-4-14(13-17(18)21)19(25)23-15-5-7-16(8-6-15)30(26,27)24-20-22-10-12-29-20/h4-10,12-13H,2-3,11H2,1H3,(H,22,24)(H,23,25). The minimum atomic E-state index is -3.74. The van der Waals surface area contributed by atoms with Crippen LogP contribution in [0.3, 0.4) is 0 Å². The Morgan fingerprint density at radius 1 is 1.20 bits per heavy atom. The number of hydrogen-bond acceptors (Lipinski definition) is 6. The molecule has 0 bridgehead atoms. The van der Waals surface area contributed by atoms with Gasteiger partial charge in [-0.25, -0.2) is 13.4 Å². The number of carbonyl (C=O) groups excluding carboxylic acids is 1. The van der Waals surface area contributed by atoms with Gasteiger partial charge in [-0.3, -0.25) is 9.52 Å². The zero-order valence-electron chi connectivity index (χ0n) is 16.1. The Hall–Kier alpha value is -2.43. The van der Waals surface area contributed by atoms with Crippen molar-refractivity contribution in [1.82, 2.24) is 4.98 Å². The molecular weight excluding hydrogens is 490 g/mol. The van der Waals surface area contributed by atoms with E-state index in [2.05, 4.69) is 37.9 Å². The van der Waals surface area contributed by atoms with Crippen LogP contribution in [-0.2, 0) is 10.0 Å². The summed E-state index contributed by atoms with van der Waals surface area (Å²) in [7, 11) is -3.74. The van der Waals surface area contributed by atoms with Crippen molar-refractivity contribution in [3.8, 4) is 5.75 Å². The van der Waals surface area contributed by atoms with Crippen LogP contribution in [0.4, 0.5) is 10.8 Å². The first-order valence-corrected chi connectivity index (χ1v) is 12.3. The summed E-state index contributed by atoms with van der Waals surface area (Å²) in [6, 6.07) is 11.0. The fourth-order valence-electron chi connectivity index (χ4n) is 2.45. The van der Waals surface area contributed by atoms with Gasteiger partial charge in [-0.05, 0) is 64.8 Å². The first-order valence-electron chi connectivity index (χ1n) is 9.15. The molecule has 1 amide bonds. The number of aromatic nitrogens is 1. The Balaban J connectivity index is 1.65. The molecule has 0 saturated carbocycles. The number of anilines is 2. The second kappa shape index (κ2) is 10.1. The largest absolute Gasteiger partial charge is 0.492 e. The van der Waals surface area contributed by atoms with E-state index < -0.39 is 10.0 Å². The molecule has 1 heterocycles. The minimum Gasteiger partial charge on any atom is -0.492 e. The van der Waals surface area contributed by atoms with Gasteiger partial charge in [0, 0.05) is 22.8 Å². The van der Waals surface area contributed by atoms with Gasteiger partial charge in [0.05, 0.1) is 16.0 Å². The number of carbonyl (C=O) groups is 1. The number of unbranched alkanes of at least 4 members (excludes halogenated alkanes) is 1. The van der Waals surface area contributed by atoms with Crippen molar-refractivity contribution in [3.63, 3.8) is 0 Å². The van der Waals surface area contributed by atoms with E-state index >= 15 is 0 Å². The zero-order chi connectivity index (χ0) is 21.6. The molecule has 0 unspecified atom stereocenters. The number of hydrogen-bond donors (Lipinski definition) is 2. The van der Waals surface area contributed by atoms with Crippen LogP contribution in [-0.4, -0.2) is 25.9 Å². The quantitative estimate of drug-likeness (QED) is 0.389. The number of amides is 1.